The van der Waals surface area contributed by atoms with Crippen LogP contribution in [0.25, 0.3) is 0 Å². The smallest absolute Gasteiger partial charge is 0.0593 e. The highest BCUT2D eigenvalue weighted by atomic mass is 16.5. The van der Waals surface area contributed by atoms with Crippen molar-refractivity contribution in [1.82, 2.24) is 4.90 Å². The summed E-state index contributed by atoms with van der Waals surface area (Å²) in [5.74, 6) is 0. The van der Waals surface area contributed by atoms with Gasteiger partial charge in [0, 0.05) is 19.2 Å². The summed E-state index contributed by atoms with van der Waals surface area (Å²) in [6.45, 7) is 5.17. The first-order valence-electron chi connectivity index (χ1n) is 3.58. The van der Waals surface area contributed by atoms with Crippen LogP contribution in [-0.2, 0) is 4.74 Å². The summed E-state index contributed by atoms with van der Waals surface area (Å²) in [7, 11) is 2.15. The molecule has 2 nitrogen and oxygen atoms in total. The molecule has 0 aromatic carbocycles. The van der Waals surface area contributed by atoms with E-state index in [0.29, 0.717) is 6.04 Å². The second-order valence-electron chi connectivity index (χ2n) is 2.73. The van der Waals surface area contributed by atoms with Gasteiger partial charge in [0.1, 0.15) is 0 Å². The molecule has 0 aromatic rings. The van der Waals surface area contributed by atoms with E-state index in [4.69, 9.17) is 4.74 Å². The van der Waals surface area contributed by atoms with Crippen molar-refractivity contribution in [3.63, 3.8) is 0 Å². The number of nitrogens with zero attached hydrogens (tertiary/aromatic N) is 1. The molecule has 1 heterocycles. The number of rotatable bonds is 0. The molecule has 1 atom stereocenters. The lowest BCUT2D eigenvalue weighted by Gasteiger charge is -2.19. The molecule has 0 aliphatic carbocycles. The molecule has 1 saturated heterocycles. The minimum Gasteiger partial charge on any atom is -0.380 e. The van der Waals surface area contributed by atoms with Crippen molar-refractivity contribution in [2.24, 2.45) is 0 Å². The molecule has 2 heteroatoms. The summed E-state index contributed by atoms with van der Waals surface area (Å²) in [4.78, 5) is 2.34. The van der Waals surface area contributed by atoms with Gasteiger partial charge < -0.3 is 9.64 Å². The van der Waals surface area contributed by atoms with Crippen LogP contribution in [0.4, 0.5) is 0 Å². The standard InChI is InChI=1S/C7H15NO/c1-7-3-5-9-6-4-8(7)2/h7H,3-6H2,1-2H3/t7-/m0/s1. The molecule has 1 aliphatic heterocycles. The molecule has 0 saturated carbocycles. The molecular weight excluding hydrogens is 114 g/mol. The third-order valence-electron chi connectivity index (χ3n) is 2.02. The Kier molecular flexibility index (Phi) is 2.49. The largest absolute Gasteiger partial charge is 0.380 e. The van der Waals surface area contributed by atoms with Gasteiger partial charge in [-0.2, -0.15) is 0 Å². The van der Waals surface area contributed by atoms with Crippen LogP contribution in [0.15, 0.2) is 0 Å². The van der Waals surface area contributed by atoms with Crippen molar-refractivity contribution in [3.05, 3.63) is 0 Å². The van der Waals surface area contributed by atoms with Crippen molar-refractivity contribution in [1.29, 1.82) is 0 Å². The maximum atomic E-state index is 5.29. The molecule has 9 heavy (non-hydrogen) atoms. The Morgan fingerprint density at radius 2 is 2.22 bits per heavy atom. The zero-order valence-corrected chi connectivity index (χ0v) is 6.26. The lowest BCUT2D eigenvalue weighted by atomic mass is 10.2. The average molecular weight is 129 g/mol. The van der Waals surface area contributed by atoms with Crippen molar-refractivity contribution in [2.45, 2.75) is 19.4 Å². The quantitative estimate of drug-likeness (QED) is 0.478. The molecule has 1 aliphatic rings. The maximum Gasteiger partial charge on any atom is 0.0593 e. The van der Waals surface area contributed by atoms with E-state index in [1.807, 2.05) is 0 Å². The normalized spacial score (nSPS) is 32.0. The summed E-state index contributed by atoms with van der Waals surface area (Å²) < 4.78 is 5.29. The summed E-state index contributed by atoms with van der Waals surface area (Å²) in [6, 6.07) is 0.701. The highest BCUT2D eigenvalue weighted by molar-refractivity contribution is 4.65. The van der Waals surface area contributed by atoms with Crippen LogP contribution >= 0.6 is 0 Å². The minimum atomic E-state index is 0.701. The van der Waals surface area contributed by atoms with Crippen LogP contribution in [0.5, 0.6) is 0 Å². The van der Waals surface area contributed by atoms with Gasteiger partial charge in [0.15, 0.2) is 0 Å². The van der Waals surface area contributed by atoms with Gasteiger partial charge in [-0.25, -0.2) is 0 Å². The molecule has 1 fully saturated rings. The van der Waals surface area contributed by atoms with Crippen molar-refractivity contribution in [3.8, 4) is 0 Å². The molecule has 0 amide bonds. The molecule has 0 aromatic heterocycles. The predicted molar refractivity (Wildman–Crippen MR) is 37.5 cm³/mol. The molecule has 0 spiro atoms. The highest BCUT2D eigenvalue weighted by Crippen LogP contribution is 2.04. The molecule has 0 radical (unpaired) electrons. The Morgan fingerprint density at radius 1 is 1.44 bits per heavy atom. The first-order valence-corrected chi connectivity index (χ1v) is 3.58. The molecule has 54 valence electrons. The van der Waals surface area contributed by atoms with Crippen molar-refractivity contribution < 1.29 is 4.74 Å². The maximum absolute atomic E-state index is 5.29. The molecule has 0 bridgehead atoms. The van der Waals surface area contributed by atoms with Crippen LogP contribution in [0.1, 0.15) is 13.3 Å². The minimum absolute atomic E-state index is 0.701. The monoisotopic (exact) mass is 129 g/mol. The Hall–Kier alpha value is -0.0800. The van der Waals surface area contributed by atoms with Gasteiger partial charge in [0.05, 0.1) is 6.61 Å². The number of hydrogen-bond acceptors (Lipinski definition) is 2. The zero-order chi connectivity index (χ0) is 6.69. The van der Waals surface area contributed by atoms with Crippen LogP contribution < -0.4 is 0 Å². The second-order valence-corrected chi connectivity index (χ2v) is 2.73. The zero-order valence-electron chi connectivity index (χ0n) is 6.26. The third kappa shape index (κ3) is 1.95. The highest BCUT2D eigenvalue weighted by Gasteiger charge is 2.11. The van der Waals surface area contributed by atoms with E-state index in [1.165, 1.54) is 6.42 Å². The SMILES string of the molecule is C[C@H]1CCOCCN1C. The van der Waals surface area contributed by atoms with Crippen molar-refractivity contribution in [2.75, 3.05) is 26.8 Å². The van der Waals surface area contributed by atoms with Gasteiger partial charge in [0.25, 0.3) is 0 Å². The lowest BCUT2D eigenvalue weighted by Crippen LogP contribution is -2.29. The lowest BCUT2D eigenvalue weighted by molar-refractivity contribution is 0.144. The first-order chi connectivity index (χ1) is 4.30. The van der Waals surface area contributed by atoms with E-state index in [9.17, 15) is 0 Å². The van der Waals surface area contributed by atoms with E-state index in [-0.39, 0.29) is 0 Å². The Bertz CT molecular complexity index is 75.0. The molecule has 0 N–H and O–H groups in total. The predicted octanol–water partition coefficient (Wildman–Crippen LogP) is 0.727. The van der Waals surface area contributed by atoms with Crippen LogP contribution in [0.2, 0.25) is 0 Å². The Morgan fingerprint density at radius 3 is 3.00 bits per heavy atom. The van der Waals surface area contributed by atoms with Gasteiger partial charge in [-0.05, 0) is 20.4 Å². The van der Waals surface area contributed by atoms with Gasteiger partial charge in [-0.1, -0.05) is 0 Å². The van der Waals surface area contributed by atoms with E-state index in [0.717, 1.165) is 19.8 Å². The van der Waals surface area contributed by atoms with Gasteiger partial charge >= 0.3 is 0 Å². The third-order valence-corrected chi connectivity index (χ3v) is 2.02. The average Bonchev–Trinajstić information content (AvgIpc) is 1.99. The fourth-order valence-corrected chi connectivity index (χ4v) is 1.01. The van der Waals surface area contributed by atoms with Gasteiger partial charge in [-0.15, -0.1) is 0 Å². The molecular formula is C7H15NO. The Labute approximate surface area is 56.8 Å². The summed E-state index contributed by atoms with van der Waals surface area (Å²) in [5, 5.41) is 0. The summed E-state index contributed by atoms with van der Waals surface area (Å²) in [6.07, 6.45) is 1.18. The van der Waals surface area contributed by atoms with Crippen molar-refractivity contribution >= 4 is 0 Å². The summed E-state index contributed by atoms with van der Waals surface area (Å²) in [5.41, 5.74) is 0. The van der Waals surface area contributed by atoms with Crippen LogP contribution in [0.3, 0.4) is 0 Å². The fraction of sp³-hybridized carbons (Fsp3) is 1.00. The summed E-state index contributed by atoms with van der Waals surface area (Å²) >= 11 is 0. The fourth-order valence-electron chi connectivity index (χ4n) is 1.01. The number of ether oxygens (including phenoxy) is 1. The topological polar surface area (TPSA) is 12.5 Å². The number of hydrogen-bond donors (Lipinski definition) is 0. The van der Waals surface area contributed by atoms with Gasteiger partial charge in [-0.3, -0.25) is 0 Å². The van der Waals surface area contributed by atoms with Gasteiger partial charge in [0.2, 0.25) is 0 Å². The molecule has 0 unspecified atom stereocenters. The van der Waals surface area contributed by atoms with E-state index >= 15 is 0 Å². The molecule has 1 rings (SSSR count). The Balaban J connectivity index is 2.32. The second kappa shape index (κ2) is 3.18. The van der Waals surface area contributed by atoms with Crippen LogP contribution in [0, 0.1) is 0 Å². The van der Waals surface area contributed by atoms with E-state index < -0.39 is 0 Å². The van der Waals surface area contributed by atoms with Crippen LogP contribution in [-0.4, -0.2) is 37.7 Å². The number of likely N-dealkylation sites (N-methyl/N-ethyl adjacent to an activating group) is 1. The van der Waals surface area contributed by atoms with E-state index in [2.05, 4.69) is 18.9 Å². The van der Waals surface area contributed by atoms with E-state index in [1.54, 1.807) is 0 Å². The first kappa shape index (κ1) is 7.03.